The molecule has 5 rings (SSSR count). The first-order valence-corrected chi connectivity index (χ1v) is 10.3. The molecule has 0 saturated heterocycles. The predicted octanol–water partition coefficient (Wildman–Crippen LogP) is 2.62. The number of rotatable bonds is 6. The highest BCUT2D eigenvalue weighted by Crippen LogP contribution is 2.30. The summed E-state index contributed by atoms with van der Waals surface area (Å²) in [5.41, 5.74) is 3.78. The minimum Gasteiger partial charge on any atom is -0.391 e. The lowest BCUT2D eigenvalue weighted by atomic mass is 10.1. The Morgan fingerprint density at radius 1 is 1.18 bits per heavy atom. The van der Waals surface area contributed by atoms with Gasteiger partial charge >= 0.3 is 0 Å². The largest absolute Gasteiger partial charge is 0.391 e. The summed E-state index contributed by atoms with van der Waals surface area (Å²) in [4.78, 5) is 4.55. The van der Waals surface area contributed by atoms with E-state index in [4.69, 9.17) is 0 Å². The van der Waals surface area contributed by atoms with E-state index in [1.165, 1.54) is 17.7 Å². The lowest BCUT2D eigenvalue weighted by Gasteiger charge is -2.16. The molecule has 1 aromatic carbocycles. The van der Waals surface area contributed by atoms with Gasteiger partial charge < -0.3 is 15.0 Å². The van der Waals surface area contributed by atoms with Gasteiger partial charge in [-0.15, -0.1) is 0 Å². The highest BCUT2D eigenvalue weighted by atomic mass is 16.3. The predicted molar refractivity (Wildman–Crippen MR) is 108 cm³/mol. The number of aromatic nitrogens is 4. The van der Waals surface area contributed by atoms with Crippen LogP contribution in [0.15, 0.2) is 48.9 Å². The lowest BCUT2D eigenvalue weighted by molar-refractivity contribution is 0.145. The third-order valence-corrected chi connectivity index (χ3v) is 6.20. The fourth-order valence-electron chi connectivity index (χ4n) is 4.79. The highest BCUT2D eigenvalue weighted by molar-refractivity contribution is 5.55. The molecule has 3 heterocycles. The zero-order valence-electron chi connectivity index (χ0n) is 16.0. The SMILES string of the molecule is O[C@@H]1CC(Cn2ccnc2-c2ccccc2)C[C@H]1NCc1cnn2c1CCC2. The van der Waals surface area contributed by atoms with Gasteiger partial charge in [0.1, 0.15) is 5.82 Å². The Hall–Kier alpha value is -2.44. The molecule has 0 spiro atoms. The van der Waals surface area contributed by atoms with Crippen LogP contribution < -0.4 is 5.32 Å². The van der Waals surface area contributed by atoms with E-state index < -0.39 is 0 Å². The van der Waals surface area contributed by atoms with Gasteiger partial charge in [0.15, 0.2) is 0 Å². The molecule has 6 nitrogen and oxygen atoms in total. The van der Waals surface area contributed by atoms with Gasteiger partial charge in [0.05, 0.1) is 12.3 Å². The Kier molecular flexibility index (Phi) is 4.74. The monoisotopic (exact) mass is 377 g/mol. The average molecular weight is 377 g/mol. The van der Waals surface area contributed by atoms with Crippen LogP contribution in [0.3, 0.4) is 0 Å². The van der Waals surface area contributed by atoms with Crippen molar-refractivity contribution in [3.05, 3.63) is 60.2 Å². The third kappa shape index (κ3) is 3.38. The molecule has 0 amide bonds. The van der Waals surface area contributed by atoms with Crippen LogP contribution >= 0.6 is 0 Å². The summed E-state index contributed by atoms with van der Waals surface area (Å²) in [6, 6.07) is 10.4. The number of aryl methyl sites for hydroxylation is 1. The number of hydrogen-bond acceptors (Lipinski definition) is 4. The van der Waals surface area contributed by atoms with Crippen molar-refractivity contribution in [1.82, 2.24) is 24.6 Å². The summed E-state index contributed by atoms with van der Waals surface area (Å²) >= 11 is 0. The van der Waals surface area contributed by atoms with Crippen LogP contribution in [0.5, 0.6) is 0 Å². The van der Waals surface area contributed by atoms with E-state index in [0.717, 1.165) is 50.3 Å². The van der Waals surface area contributed by atoms with Crippen molar-refractivity contribution in [3.8, 4) is 11.4 Å². The maximum atomic E-state index is 10.6. The average Bonchev–Trinajstić information content (AvgIpc) is 3.47. The van der Waals surface area contributed by atoms with Crippen molar-refractivity contribution in [2.75, 3.05) is 0 Å². The molecule has 3 atom stereocenters. The summed E-state index contributed by atoms with van der Waals surface area (Å²) in [5, 5.41) is 18.6. The van der Waals surface area contributed by atoms with Crippen molar-refractivity contribution in [2.24, 2.45) is 5.92 Å². The molecule has 2 aliphatic rings. The highest BCUT2D eigenvalue weighted by Gasteiger charge is 2.33. The smallest absolute Gasteiger partial charge is 0.139 e. The van der Waals surface area contributed by atoms with Crippen LogP contribution in [-0.4, -0.2) is 36.6 Å². The first-order valence-electron chi connectivity index (χ1n) is 10.3. The van der Waals surface area contributed by atoms with Crippen LogP contribution in [0.1, 0.15) is 30.5 Å². The molecule has 146 valence electrons. The van der Waals surface area contributed by atoms with Gasteiger partial charge in [0.25, 0.3) is 0 Å². The fraction of sp³-hybridized carbons (Fsp3) is 0.455. The summed E-state index contributed by atoms with van der Waals surface area (Å²) in [6.07, 6.45) is 9.73. The van der Waals surface area contributed by atoms with Crippen LogP contribution in [0.4, 0.5) is 0 Å². The number of hydrogen-bond donors (Lipinski definition) is 2. The number of aliphatic hydroxyl groups is 1. The Labute approximate surface area is 165 Å². The maximum Gasteiger partial charge on any atom is 0.139 e. The molecular weight excluding hydrogens is 350 g/mol. The fourth-order valence-corrected chi connectivity index (χ4v) is 4.79. The Balaban J connectivity index is 1.21. The molecule has 2 N–H and O–H groups in total. The van der Waals surface area contributed by atoms with Crippen molar-refractivity contribution in [2.45, 2.75) is 57.5 Å². The van der Waals surface area contributed by atoms with E-state index in [0.29, 0.717) is 5.92 Å². The number of fused-ring (bicyclic) bond motifs is 1. The number of nitrogens with zero attached hydrogens (tertiary/aromatic N) is 4. The minimum atomic E-state index is -0.294. The van der Waals surface area contributed by atoms with Crippen molar-refractivity contribution < 1.29 is 5.11 Å². The van der Waals surface area contributed by atoms with Crippen LogP contribution in [0.2, 0.25) is 0 Å². The maximum absolute atomic E-state index is 10.6. The quantitative estimate of drug-likeness (QED) is 0.693. The number of aliphatic hydroxyl groups excluding tert-OH is 1. The second kappa shape index (κ2) is 7.53. The van der Waals surface area contributed by atoms with E-state index in [2.05, 4.69) is 36.8 Å². The number of benzene rings is 1. The molecule has 1 saturated carbocycles. The molecule has 0 bridgehead atoms. The Morgan fingerprint density at radius 3 is 2.96 bits per heavy atom. The molecule has 1 fully saturated rings. The zero-order valence-corrected chi connectivity index (χ0v) is 16.0. The van der Waals surface area contributed by atoms with Gasteiger partial charge in [0, 0.05) is 54.9 Å². The number of imidazole rings is 1. The van der Waals surface area contributed by atoms with Crippen molar-refractivity contribution >= 4 is 0 Å². The Morgan fingerprint density at radius 2 is 2.07 bits per heavy atom. The summed E-state index contributed by atoms with van der Waals surface area (Å²) in [7, 11) is 0. The van der Waals surface area contributed by atoms with Gasteiger partial charge in [-0.1, -0.05) is 30.3 Å². The van der Waals surface area contributed by atoms with Crippen LogP contribution in [-0.2, 0) is 26.1 Å². The topological polar surface area (TPSA) is 67.9 Å². The molecule has 1 unspecified atom stereocenters. The third-order valence-electron chi connectivity index (χ3n) is 6.20. The van der Waals surface area contributed by atoms with E-state index in [1.807, 2.05) is 36.8 Å². The van der Waals surface area contributed by atoms with Crippen molar-refractivity contribution in [1.29, 1.82) is 0 Å². The molecule has 0 radical (unpaired) electrons. The second-order valence-electron chi connectivity index (χ2n) is 8.10. The second-order valence-corrected chi connectivity index (χ2v) is 8.10. The molecule has 2 aromatic heterocycles. The zero-order chi connectivity index (χ0) is 18.9. The molecule has 28 heavy (non-hydrogen) atoms. The molecule has 1 aliphatic heterocycles. The summed E-state index contributed by atoms with van der Waals surface area (Å²) in [5.74, 6) is 1.45. The van der Waals surface area contributed by atoms with Crippen molar-refractivity contribution in [3.63, 3.8) is 0 Å². The van der Waals surface area contributed by atoms with Crippen LogP contribution in [0.25, 0.3) is 11.4 Å². The van der Waals surface area contributed by atoms with Gasteiger partial charge in [0.2, 0.25) is 0 Å². The van der Waals surface area contributed by atoms with E-state index in [1.54, 1.807) is 0 Å². The first kappa shape index (κ1) is 17.6. The standard InChI is InChI=1S/C22H27N5O/c28-21-12-16(15-26-10-8-23-22(26)17-5-2-1-3-6-17)11-19(21)24-13-18-14-25-27-9-4-7-20(18)27/h1-3,5-6,8,10,14,16,19,21,24,28H,4,7,9,11-13,15H2/t16?,19-,21-/m1/s1. The number of nitrogens with one attached hydrogen (secondary N) is 1. The summed E-state index contributed by atoms with van der Waals surface area (Å²) < 4.78 is 4.34. The Bertz CT molecular complexity index is 932. The van der Waals surface area contributed by atoms with Gasteiger partial charge in [-0.05, 0) is 31.6 Å². The lowest BCUT2D eigenvalue weighted by Crippen LogP contribution is -2.35. The normalized spacial score (nSPS) is 24.0. The molecule has 3 aromatic rings. The molecule has 1 aliphatic carbocycles. The van der Waals surface area contributed by atoms with Gasteiger partial charge in [-0.25, -0.2) is 4.98 Å². The van der Waals surface area contributed by atoms with E-state index >= 15 is 0 Å². The minimum absolute atomic E-state index is 0.144. The van der Waals surface area contributed by atoms with Gasteiger partial charge in [-0.3, -0.25) is 4.68 Å². The van der Waals surface area contributed by atoms with E-state index in [9.17, 15) is 5.11 Å². The van der Waals surface area contributed by atoms with E-state index in [-0.39, 0.29) is 12.1 Å². The van der Waals surface area contributed by atoms with Gasteiger partial charge in [-0.2, -0.15) is 5.10 Å². The first-order chi connectivity index (χ1) is 13.8. The molecule has 6 heteroatoms. The summed E-state index contributed by atoms with van der Waals surface area (Å²) in [6.45, 7) is 2.73. The van der Waals surface area contributed by atoms with Crippen LogP contribution in [0, 0.1) is 5.92 Å². The molecular formula is C22H27N5O.